The van der Waals surface area contributed by atoms with E-state index < -0.39 is 5.91 Å². The van der Waals surface area contributed by atoms with Gasteiger partial charge in [0, 0.05) is 23.4 Å². The minimum Gasteiger partial charge on any atom is -0.399 e. The van der Waals surface area contributed by atoms with Gasteiger partial charge in [-0.15, -0.1) is 0 Å². The van der Waals surface area contributed by atoms with Crippen molar-refractivity contribution in [2.24, 2.45) is 11.7 Å². The van der Waals surface area contributed by atoms with Crippen molar-refractivity contribution in [3.05, 3.63) is 29.3 Å². The van der Waals surface area contributed by atoms with E-state index in [1.54, 1.807) is 0 Å². The highest BCUT2D eigenvalue weighted by molar-refractivity contribution is 6.00. The average molecular weight is 233 g/mol. The van der Waals surface area contributed by atoms with E-state index in [9.17, 15) is 9.59 Å². The molecule has 1 aromatic rings. The Morgan fingerprint density at radius 3 is 2.47 bits per heavy atom. The van der Waals surface area contributed by atoms with Crippen molar-refractivity contribution >= 4 is 17.5 Å². The lowest BCUT2D eigenvalue weighted by atomic mass is 10.1. The maximum atomic E-state index is 11.8. The van der Waals surface area contributed by atoms with Gasteiger partial charge in [0.15, 0.2) is 0 Å². The molecule has 5 heteroatoms. The molecule has 0 aromatic heterocycles. The SMILES string of the molecule is NC(=O)c1cc(N)cc(C(=O)NCC2CC2)c1. The molecule has 0 radical (unpaired) electrons. The monoisotopic (exact) mass is 233 g/mol. The summed E-state index contributed by atoms with van der Waals surface area (Å²) in [6, 6.07) is 4.45. The first-order valence-electron chi connectivity index (χ1n) is 5.55. The van der Waals surface area contributed by atoms with Gasteiger partial charge in [-0.3, -0.25) is 9.59 Å². The van der Waals surface area contributed by atoms with Crippen LogP contribution in [0.25, 0.3) is 0 Å². The maximum Gasteiger partial charge on any atom is 0.251 e. The molecule has 0 saturated heterocycles. The van der Waals surface area contributed by atoms with Crippen LogP contribution in [0.2, 0.25) is 0 Å². The van der Waals surface area contributed by atoms with Crippen LogP contribution in [0.5, 0.6) is 0 Å². The summed E-state index contributed by atoms with van der Waals surface area (Å²) in [5, 5.41) is 2.81. The van der Waals surface area contributed by atoms with E-state index in [0.717, 1.165) is 0 Å². The molecular weight excluding hydrogens is 218 g/mol. The van der Waals surface area contributed by atoms with E-state index in [-0.39, 0.29) is 11.5 Å². The Hall–Kier alpha value is -2.04. The molecule has 1 saturated carbocycles. The van der Waals surface area contributed by atoms with E-state index in [1.807, 2.05) is 0 Å². The van der Waals surface area contributed by atoms with Crippen molar-refractivity contribution in [3.63, 3.8) is 0 Å². The minimum absolute atomic E-state index is 0.216. The second-order valence-corrected chi connectivity index (χ2v) is 4.36. The number of nitrogens with two attached hydrogens (primary N) is 2. The summed E-state index contributed by atoms with van der Waals surface area (Å²) >= 11 is 0. The van der Waals surface area contributed by atoms with Crippen LogP contribution in [0, 0.1) is 5.92 Å². The van der Waals surface area contributed by atoms with Crippen LogP contribution in [0.15, 0.2) is 18.2 Å². The van der Waals surface area contributed by atoms with Gasteiger partial charge in [0.2, 0.25) is 5.91 Å². The van der Waals surface area contributed by atoms with Crippen molar-refractivity contribution in [3.8, 4) is 0 Å². The van der Waals surface area contributed by atoms with Gasteiger partial charge >= 0.3 is 0 Å². The Labute approximate surface area is 99.2 Å². The summed E-state index contributed by atoms with van der Waals surface area (Å²) in [5.74, 6) is -0.198. The van der Waals surface area contributed by atoms with Crippen LogP contribution in [0.1, 0.15) is 33.6 Å². The Balaban J connectivity index is 2.12. The number of rotatable bonds is 4. The molecule has 1 aromatic carbocycles. The number of amides is 2. The van der Waals surface area contributed by atoms with Gasteiger partial charge in [0.25, 0.3) is 5.91 Å². The number of hydrogen-bond acceptors (Lipinski definition) is 3. The number of primary amides is 1. The van der Waals surface area contributed by atoms with E-state index in [0.29, 0.717) is 23.7 Å². The molecule has 90 valence electrons. The van der Waals surface area contributed by atoms with Gasteiger partial charge in [-0.05, 0) is 37.0 Å². The third-order valence-electron chi connectivity index (χ3n) is 2.75. The Kier molecular flexibility index (Phi) is 2.99. The summed E-state index contributed by atoms with van der Waals surface area (Å²) < 4.78 is 0. The van der Waals surface area contributed by atoms with Gasteiger partial charge in [0.1, 0.15) is 0 Å². The van der Waals surface area contributed by atoms with Gasteiger partial charge < -0.3 is 16.8 Å². The van der Waals surface area contributed by atoms with E-state index in [2.05, 4.69) is 5.32 Å². The van der Waals surface area contributed by atoms with Gasteiger partial charge in [-0.2, -0.15) is 0 Å². The number of carbonyl (C=O) groups excluding carboxylic acids is 2. The lowest BCUT2D eigenvalue weighted by Gasteiger charge is -2.06. The van der Waals surface area contributed by atoms with Gasteiger partial charge in [-0.25, -0.2) is 0 Å². The normalized spacial score (nSPS) is 14.4. The molecule has 0 bridgehead atoms. The molecule has 0 spiro atoms. The average Bonchev–Trinajstić information content (AvgIpc) is 3.08. The summed E-state index contributed by atoms with van der Waals surface area (Å²) in [4.78, 5) is 22.8. The zero-order valence-electron chi connectivity index (χ0n) is 9.40. The Morgan fingerprint density at radius 2 is 1.88 bits per heavy atom. The molecule has 0 heterocycles. The van der Waals surface area contributed by atoms with Gasteiger partial charge in [0.05, 0.1) is 0 Å². The highest BCUT2D eigenvalue weighted by Gasteiger charge is 2.22. The van der Waals surface area contributed by atoms with Crippen LogP contribution in [-0.2, 0) is 0 Å². The fraction of sp³-hybridized carbons (Fsp3) is 0.333. The van der Waals surface area contributed by atoms with Crippen LogP contribution < -0.4 is 16.8 Å². The molecule has 1 aliphatic carbocycles. The summed E-state index contributed by atoms with van der Waals surface area (Å²) in [5.41, 5.74) is 11.8. The van der Waals surface area contributed by atoms with Crippen LogP contribution in [-0.4, -0.2) is 18.4 Å². The molecule has 0 unspecified atom stereocenters. The predicted octanol–water partition coefficient (Wildman–Crippen LogP) is 0.507. The molecule has 17 heavy (non-hydrogen) atoms. The zero-order valence-corrected chi connectivity index (χ0v) is 9.40. The standard InChI is InChI=1S/C12H15N3O2/c13-10-4-8(11(14)16)3-9(5-10)12(17)15-6-7-1-2-7/h3-5,7H,1-2,6,13H2,(H2,14,16)(H,15,17). The lowest BCUT2D eigenvalue weighted by molar-refractivity contribution is 0.0952. The highest BCUT2D eigenvalue weighted by Crippen LogP contribution is 2.27. The van der Waals surface area contributed by atoms with Crippen molar-refractivity contribution in [1.82, 2.24) is 5.32 Å². The minimum atomic E-state index is -0.589. The second-order valence-electron chi connectivity index (χ2n) is 4.36. The number of anilines is 1. The molecule has 0 aliphatic heterocycles. The highest BCUT2D eigenvalue weighted by atomic mass is 16.2. The maximum absolute atomic E-state index is 11.8. The molecular formula is C12H15N3O2. The first kappa shape index (κ1) is 11.4. The van der Waals surface area contributed by atoms with Crippen molar-refractivity contribution in [2.75, 3.05) is 12.3 Å². The molecule has 2 amide bonds. The molecule has 1 fully saturated rings. The number of nitrogen functional groups attached to an aromatic ring is 1. The number of carbonyl (C=O) groups is 2. The largest absolute Gasteiger partial charge is 0.399 e. The number of benzene rings is 1. The fourth-order valence-corrected chi connectivity index (χ4v) is 1.59. The van der Waals surface area contributed by atoms with E-state index in [4.69, 9.17) is 11.5 Å². The lowest BCUT2D eigenvalue weighted by Crippen LogP contribution is -2.26. The second kappa shape index (κ2) is 4.45. The van der Waals surface area contributed by atoms with E-state index in [1.165, 1.54) is 31.0 Å². The summed E-state index contributed by atoms with van der Waals surface area (Å²) in [7, 11) is 0. The quantitative estimate of drug-likeness (QED) is 0.661. The van der Waals surface area contributed by atoms with Crippen molar-refractivity contribution < 1.29 is 9.59 Å². The molecule has 0 atom stereocenters. The van der Waals surface area contributed by atoms with E-state index >= 15 is 0 Å². The van der Waals surface area contributed by atoms with Crippen LogP contribution in [0.3, 0.4) is 0 Å². The fourth-order valence-electron chi connectivity index (χ4n) is 1.59. The topological polar surface area (TPSA) is 98.2 Å². The Morgan fingerprint density at radius 1 is 1.24 bits per heavy atom. The number of nitrogens with one attached hydrogen (secondary N) is 1. The van der Waals surface area contributed by atoms with Crippen LogP contribution in [0.4, 0.5) is 5.69 Å². The molecule has 2 rings (SSSR count). The third kappa shape index (κ3) is 2.96. The number of hydrogen-bond donors (Lipinski definition) is 3. The van der Waals surface area contributed by atoms with Gasteiger partial charge in [-0.1, -0.05) is 0 Å². The van der Waals surface area contributed by atoms with Crippen molar-refractivity contribution in [2.45, 2.75) is 12.8 Å². The first-order valence-corrected chi connectivity index (χ1v) is 5.55. The smallest absolute Gasteiger partial charge is 0.251 e. The van der Waals surface area contributed by atoms with Crippen molar-refractivity contribution in [1.29, 1.82) is 0 Å². The summed E-state index contributed by atoms with van der Waals surface area (Å²) in [6.45, 7) is 0.680. The molecule has 5 nitrogen and oxygen atoms in total. The van der Waals surface area contributed by atoms with Crippen LogP contribution >= 0.6 is 0 Å². The zero-order chi connectivity index (χ0) is 12.4. The third-order valence-corrected chi connectivity index (χ3v) is 2.75. The molecule has 1 aliphatic rings. The summed E-state index contributed by atoms with van der Waals surface area (Å²) in [6.07, 6.45) is 2.34. The molecule has 5 N–H and O–H groups in total. The predicted molar refractivity (Wildman–Crippen MR) is 64.4 cm³/mol. The first-order chi connectivity index (χ1) is 8.06. The Bertz CT molecular complexity index is 467.